The van der Waals surface area contributed by atoms with Crippen LogP contribution in [0.4, 0.5) is 8.78 Å². The third-order valence-corrected chi connectivity index (χ3v) is 7.50. The summed E-state index contributed by atoms with van der Waals surface area (Å²) in [5, 5.41) is 0. The van der Waals surface area contributed by atoms with Crippen LogP contribution in [0.1, 0.15) is 80.9 Å². The first kappa shape index (κ1) is 16.5. The predicted octanol–water partition coefficient (Wildman–Crippen LogP) is 6.55. The Hall–Kier alpha value is -0.920. The van der Waals surface area contributed by atoms with Gasteiger partial charge in [0.2, 0.25) is 0 Å². The zero-order valence-corrected chi connectivity index (χ0v) is 15.1. The molecule has 1 aromatic carbocycles. The van der Waals surface area contributed by atoms with E-state index in [9.17, 15) is 8.78 Å². The fraction of sp³-hybridized carbons (Fsp3) is 0.727. The van der Waals surface area contributed by atoms with E-state index in [4.69, 9.17) is 0 Å². The minimum atomic E-state index is -0.352. The summed E-state index contributed by atoms with van der Waals surface area (Å²) in [6.45, 7) is 3.95. The molecule has 2 saturated carbocycles. The summed E-state index contributed by atoms with van der Waals surface area (Å²) in [7, 11) is 0. The van der Waals surface area contributed by atoms with Crippen molar-refractivity contribution in [2.45, 2.75) is 77.6 Å². The fourth-order valence-corrected chi connectivity index (χ4v) is 5.92. The lowest BCUT2D eigenvalue weighted by Gasteiger charge is -2.44. The highest BCUT2D eigenvalue weighted by molar-refractivity contribution is 5.39. The first-order chi connectivity index (χ1) is 11.5. The Balaban J connectivity index is 1.52. The first-order valence-corrected chi connectivity index (χ1v) is 10.0. The van der Waals surface area contributed by atoms with E-state index in [2.05, 4.69) is 6.92 Å². The van der Waals surface area contributed by atoms with Gasteiger partial charge in [-0.05, 0) is 98.7 Å². The zero-order chi connectivity index (χ0) is 16.8. The Kier molecular flexibility index (Phi) is 4.43. The molecule has 1 aromatic rings. The van der Waals surface area contributed by atoms with E-state index < -0.39 is 0 Å². The standard InChI is InChI=1S/C22H30F2/c1-13-3-5-15(6-4-13)16-7-9-18-17(11-16)8-10-19-20(18)12-21(23)14(2)22(19)24/h12-13,15-18H,3-11H2,1-2H3. The lowest BCUT2D eigenvalue weighted by atomic mass is 9.61. The van der Waals surface area contributed by atoms with Crippen LogP contribution in [-0.4, -0.2) is 0 Å². The normalized spacial score (nSPS) is 36.1. The molecular formula is C22H30F2. The Morgan fingerprint density at radius 3 is 2.33 bits per heavy atom. The average Bonchev–Trinajstić information content (AvgIpc) is 2.60. The van der Waals surface area contributed by atoms with E-state index in [0.29, 0.717) is 11.8 Å². The van der Waals surface area contributed by atoms with Gasteiger partial charge in [-0.1, -0.05) is 19.8 Å². The van der Waals surface area contributed by atoms with Crippen LogP contribution < -0.4 is 0 Å². The molecule has 2 fully saturated rings. The van der Waals surface area contributed by atoms with Gasteiger partial charge in [0.25, 0.3) is 0 Å². The number of benzene rings is 1. The molecule has 24 heavy (non-hydrogen) atoms. The Labute approximate surface area is 145 Å². The van der Waals surface area contributed by atoms with Gasteiger partial charge in [0.1, 0.15) is 11.6 Å². The lowest BCUT2D eigenvalue weighted by Crippen LogP contribution is -2.33. The van der Waals surface area contributed by atoms with Crippen molar-refractivity contribution in [3.63, 3.8) is 0 Å². The molecule has 0 N–H and O–H groups in total. The number of hydrogen-bond acceptors (Lipinski definition) is 0. The maximum Gasteiger partial charge on any atom is 0.132 e. The van der Waals surface area contributed by atoms with Crippen molar-refractivity contribution in [1.29, 1.82) is 0 Å². The summed E-state index contributed by atoms with van der Waals surface area (Å²) in [4.78, 5) is 0. The van der Waals surface area contributed by atoms with Gasteiger partial charge in [-0.3, -0.25) is 0 Å². The molecular weight excluding hydrogens is 302 g/mol. The SMILES string of the molecule is Cc1c(F)cc2c(c1F)CCC1CC(C3CCC(C)CC3)CCC21. The Morgan fingerprint density at radius 2 is 1.58 bits per heavy atom. The molecule has 2 heteroatoms. The number of hydrogen-bond donors (Lipinski definition) is 0. The van der Waals surface area contributed by atoms with Crippen LogP contribution in [0.25, 0.3) is 0 Å². The van der Waals surface area contributed by atoms with Crippen molar-refractivity contribution in [2.24, 2.45) is 23.7 Å². The smallest absolute Gasteiger partial charge is 0.132 e. The minimum absolute atomic E-state index is 0.206. The second kappa shape index (κ2) is 6.42. The van der Waals surface area contributed by atoms with Crippen LogP contribution >= 0.6 is 0 Å². The molecule has 3 unspecified atom stereocenters. The highest BCUT2D eigenvalue weighted by Gasteiger charge is 2.39. The molecule has 3 atom stereocenters. The van der Waals surface area contributed by atoms with Crippen LogP contribution in [0.3, 0.4) is 0 Å². The van der Waals surface area contributed by atoms with E-state index in [-0.39, 0.29) is 17.2 Å². The monoisotopic (exact) mass is 332 g/mol. The minimum Gasteiger partial charge on any atom is -0.207 e. The molecule has 3 aliphatic carbocycles. The van der Waals surface area contributed by atoms with Gasteiger partial charge in [-0.2, -0.15) is 0 Å². The van der Waals surface area contributed by atoms with Crippen molar-refractivity contribution in [1.82, 2.24) is 0 Å². The molecule has 0 amide bonds. The molecule has 0 aromatic heterocycles. The van der Waals surface area contributed by atoms with Gasteiger partial charge in [0.05, 0.1) is 0 Å². The molecule has 0 bridgehead atoms. The van der Waals surface area contributed by atoms with E-state index >= 15 is 0 Å². The van der Waals surface area contributed by atoms with Crippen molar-refractivity contribution >= 4 is 0 Å². The number of fused-ring (bicyclic) bond motifs is 3. The van der Waals surface area contributed by atoms with Gasteiger partial charge in [-0.25, -0.2) is 8.78 Å². The Morgan fingerprint density at radius 1 is 0.875 bits per heavy atom. The zero-order valence-electron chi connectivity index (χ0n) is 15.1. The molecule has 3 aliphatic rings. The van der Waals surface area contributed by atoms with Crippen molar-refractivity contribution in [3.05, 3.63) is 34.4 Å². The van der Waals surface area contributed by atoms with E-state index in [1.165, 1.54) is 38.5 Å². The largest absolute Gasteiger partial charge is 0.207 e. The van der Waals surface area contributed by atoms with Gasteiger partial charge < -0.3 is 0 Å². The molecule has 132 valence electrons. The maximum absolute atomic E-state index is 14.5. The quantitative estimate of drug-likeness (QED) is 0.547. The molecule has 0 nitrogen and oxygen atoms in total. The number of rotatable bonds is 1. The summed E-state index contributed by atoms with van der Waals surface area (Å²) in [5.41, 5.74) is 2.03. The van der Waals surface area contributed by atoms with Crippen LogP contribution in [0.2, 0.25) is 0 Å². The van der Waals surface area contributed by atoms with E-state index in [0.717, 1.165) is 48.1 Å². The second-order valence-electron chi connectivity index (χ2n) is 8.86. The molecule has 0 radical (unpaired) electrons. The van der Waals surface area contributed by atoms with Gasteiger partial charge in [0.15, 0.2) is 0 Å². The highest BCUT2D eigenvalue weighted by Crippen LogP contribution is 2.51. The molecule has 4 rings (SSSR count). The van der Waals surface area contributed by atoms with E-state index in [1.807, 2.05) is 0 Å². The summed E-state index contributed by atoms with van der Waals surface area (Å²) in [6, 6.07) is 1.66. The molecule has 0 aliphatic heterocycles. The van der Waals surface area contributed by atoms with Crippen LogP contribution in [0.15, 0.2) is 6.07 Å². The molecule has 0 saturated heterocycles. The van der Waals surface area contributed by atoms with Crippen LogP contribution in [0.5, 0.6) is 0 Å². The topological polar surface area (TPSA) is 0 Å². The number of halogens is 2. The third-order valence-electron chi connectivity index (χ3n) is 7.50. The summed E-state index contributed by atoms with van der Waals surface area (Å²) in [6.07, 6.45) is 11.2. The lowest BCUT2D eigenvalue weighted by molar-refractivity contribution is 0.121. The van der Waals surface area contributed by atoms with Crippen molar-refractivity contribution in [3.8, 4) is 0 Å². The first-order valence-electron chi connectivity index (χ1n) is 10.0. The maximum atomic E-state index is 14.5. The van der Waals surface area contributed by atoms with E-state index in [1.54, 1.807) is 13.0 Å². The summed E-state index contributed by atoms with van der Waals surface area (Å²) >= 11 is 0. The summed E-state index contributed by atoms with van der Waals surface area (Å²) in [5.74, 6) is 3.11. The third kappa shape index (κ3) is 2.80. The van der Waals surface area contributed by atoms with Gasteiger partial charge in [0, 0.05) is 5.56 Å². The molecule has 0 spiro atoms. The average molecular weight is 332 g/mol. The van der Waals surface area contributed by atoms with Crippen molar-refractivity contribution < 1.29 is 8.78 Å². The Bertz CT molecular complexity index is 613. The second-order valence-corrected chi connectivity index (χ2v) is 8.86. The fourth-order valence-electron chi connectivity index (χ4n) is 5.92. The highest BCUT2D eigenvalue weighted by atomic mass is 19.1. The van der Waals surface area contributed by atoms with Crippen LogP contribution in [-0.2, 0) is 6.42 Å². The predicted molar refractivity (Wildman–Crippen MR) is 94.1 cm³/mol. The molecule has 0 heterocycles. The summed E-state index contributed by atoms with van der Waals surface area (Å²) < 4.78 is 28.6. The van der Waals surface area contributed by atoms with Crippen LogP contribution in [0, 0.1) is 42.2 Å². The van der Waals surface area contributed by atoms with Crippen molar-refractivity contribution in [2.75, 3.05) is 0 Å². The van der Waals surface area contributed by atoms with Gasteiger partial charge >= 0.3 is 0 Å². The van der Waals surface area contributed by atoms with Gasteiger partial charge in [-0.15, -0.1) is 0 Å².